The van der Waals surface area contributed by atoms with Gasteiger partial charge in [-0.15, -0.1) is 10.2 Å². The van der Waals surface area contributed by atoms with E-state index in [1.54, 1.807) is 6.33 Å². The highest BCUT2D eigenvalue weighted by molar-refractivity contribution is 7.15. The molecule has 4 heterocycles. The molecule has 27 heavy (non-hydrogen) atoms. The minimum absolute atomic E-state index is 0.0489. The number of nitrogens with one attached hydrogen (secondary N) is 2. The van der Waals surface area contributed by atoms with Crippen molar-refractivity contribution in [2.24, 2.45) is 5.92 Å². The van der Waals surface area contributed by atoms with E-state index in [-0.39, 0.29) is 23.0 Å². The van der Waals surface area contributed by atoms with E-state index in [9.17, 15) is 4.79 Å². The van der Waals surface area contributed by atoms with Crippen LogP contribution in [0.25, 0.3) is 11.2 Å². The van der Waals surface area contributed by atoms with Crippen LogP contribution in [0, 0.1) is 5.92 Å². The Morgan fingerprint density at radius 1 is 1.41 bits per heavy atom. The van der Waals surface area contributed by atoms with Gasteiger partial charge in [0.05, 0.1) is 12.2 Å². The summed E-state index contributed by atoms with van der Waals surface area (Å²) in [6.07, 6.45) is 3.25. The van der Waals surface area contributed by atoms with Crippen molar-refractivity contribution in [2.75, 3.05) is 23.3 Å². The molecule has 3 aromatic heterocycles. The van der Waals surface area contributed by atoms with Crippen LogP contribution in [0.3, 0.4) is 0 Å². The van der Waals surface area contributed by atoms with Crippen LogP contribution < -0.4 is 10.2 Å². The first-order valence-corrected chi connectivity index (χ1v) is 9.96. The number of fused-ring (bicyclic) bond motifs is 1. The van der Waals surface area contributed by atoms with E-state index in [2.05, 4.69) is 40.3 Å². The van der Waals surface area contributed by atoms with Crippen LogP contribution in [-0.4, -0.2) is 49.1 Å². The van der Waals surface area contributed by atoms with E-state index in [1.165, 1.54) is 11.3 Å². The molecule has 0 spiro atoms. The molecule has 1 fully saturated rings. The van der Waals surface area contributed by atoms with Crippen molar-refractivity contribution in [1.82, 2.24) is 30.1 Å². The molecule has 0 saturated carbocycles. The number of anilines is 2. The van der Waals surface area contributed by atoms with Crippen molar-refractivity contribution < 1.29 is 4.79 Å². The maximum atomic E-state index is 12.7. The Balaban J connectivity index is 1.50. The number of carbonyl (C=O) groups excluding carboxylic acids is 1. The van der Waals surface area contributed by atoms with Gasteiger partial charge >= 0.3 is 0 Å². The molecule has 2 N–H and O–H groups in total. The fourth-order valence-electron chi connectivity index (χ4n) is 3.13. The first-order chi connectivity index (χ1) is 13.0. The van der Waals surface area contributed by atoms with Gasteiger partial charge in [-0.25, -0.2) is 4.98 Å². The molecule has 1 unspecified atom stereocenters. The molecule has 1 aliphatic rings. The lowest BCUT2D eigenvalue weighted by Gasteiger charge is -2.32. The second-order valence-electron chi connectivity index (χ2n) is 6.79. The predicted molar refractivity (Wildman–Crippen MR) is 104 cm³/mol. The number of aromatic amines is 1. The third-order valence-electron chi connectivity index (χ3n) is 4.50. The highest BCUT2D eigenvalue weighted by atomic mass is 35.5. The Hall–Kier alpha value is -2.33. The molecule has 142 valence electrons. The van der Waals surface area contributed by atoms with Crippen molar-refractivity contribution in [3.63, 3.8) is 0 Å². The van der Waals surface area contributed by atoms with Gasteiger partial charge in [0.25, 0.3) is 0 Å². The quantitative estimate of drug-likeness (QED) is 0.640. The van der Waals surface area contributed by atoms with Gasteiger partial charge in [-0.05, 0) is 24.4 Å². The lowest BCUT2D eigenvalue weighted by atomic mass is 9.97. The topological polar surface area (TPSA) is 113 Å². The van der Waals surface area contributed by atoms with E-state index < -0.39 is 0 Å². The minimum atomic E-state index is -0.170. The standard InChI is InChI=1S/C16H19ClN8OS/c1-8(2)14-23-24-16(27-14)22-13(26)9-4-3-5-25(6-9)12-10-11(19-7-18-10)20-15(17)21-12/h7-9H,3-6H2,1-2H3,(H,22,24,26)(H,18,19,20,21). The van der Waals surface area contributed by atoms with Crippen molar-refractivity contribution in [2.45, 2.75) is 32.6 Å². The molecule has 0 radical (unpaired) electrons. The van der Waals surface area contributed by atoms with Gasteiger partial charge in [0.1, 0.15) is 10.5 Å². The summed E-state index contributed by atoms with van der Waals surface area (Å²) in [6.45, 7) is 5.44. The molecule has 9 nitrogen and oxygen atoms in total. The monoisotopic (exact) mass is 406 g/mol. The Morgan fingerprint density at radius 3 is 3.04 bits per heavy atom. The van der Waals surface area contributed by atoms with E-state index in [0.29, 0.717) is 23.1 Å². The molecule has 1 saturated heterocycles. The molecule has 1 aliphatic heterocycles. The maximum Gasteiger partial charge on any atom is 0.231 e. The molecular formula is C16H19ClN8OS. The third kappa shape index (κ3) is 3.72. The van der Waals surface area contributed by atoms with Gasteiger partial charge in [-0.2, -0.15) is 9.97 Å². The van der Waals surface area contributed by atoms with Crippen LogP contribution in [-0.2, 0) is 4.79 Å². The lowest BCUT2D eigenvalue weighted by molar-refractivity contribution is -0.120. The fraction of sp³-hybridized carbons (Fsp3) is 0.500. The number of carbonyl (C=O) groups is 1. The number of amides is 1. The molecule has 0 aromatic carbocycles. The van der Waals surface area contributed by atoms with Crippen molar-refractivity contribution in [3.05, 3.63) is 16.6 Å². The smallest absolute Gasteiger partial charge is 0.231 e. The zero-order valence-corrected chi connectivity index (χ0v) is 16.5. The van der Waals surface area contributed by atoms with E-state index in [4.69, 9.17) is 11.6 Å². The summed E-state index contributed by atoms with van der Waals surface area (Å²) in [6, 6.07) is 0. The first-order valence-electron chi connectivity index (χ1n) is 8.77. The fourth-order valence-corrected chi connectivity index (χ4v) is 4.04. The van der Waals surface area contributed by atoms with Gasteiger partial charge in [0, 0.05) is 19.0 Å². The molecule has 0 bridgehead atoms. The van der Waals surface area contributed by atoms with Crippen LogP contribution in [0.5, 0.6) is 0 Å². The van der Waals surface area contributed by atoms with Crippen molar-refractivity contribution in [1.29, 1.82) is 0 Å². The number of H-pyrrole nitrogens is 1. The average Bonchev–Trinajstić information content (AvgIpc) is 3.30. The number of aromatic nitrogens is 6. The van der Waals surface area contributed by atoms with Gasteiger partial charge < -0.3 is 15.2 Å². The summed E-state index contributed by atoms with van der Waals surface area (Å²) < 4.78 is 0. The largest absolute Gasteiger partial charge is 0.354 e. The van der Waals surface area contributed by atoms with E-state index in [1.807, 2.05) is 13.8 Å². The van der Waals surface area contributed by atoms with E-state index >= 15 is 0 Å². The molecule has 0 aliphatic carbocycles. The highest BCUT2D eigenvalue weighted by Gasteiger charge is 2.29. The summed E-state index contributed by atoms with van der Waals surface area (Å²) in [4.78, 5) is 30.5. The number of imidazole rings is 1. The van der Waals surface area contributed by atoms with Gasteiger partial charge in [-0.1, -0.05) is 25.2 Å². The number of nitrogens with zero attached hydrogens (tertiary/aromatic N) is 6. The number of hydrogen-bond donors (Lipinski definition) is 2. The summed E-state index contributed by atoms with van der Waals surface area (Å²) in [5, 5.41) is 12.7. The summed E-state index contributed by atoms with van der Waals surface area (Å²) in [5.41, 5.74) is 1.25. The Morgan fingerprint density at radius 2 is 2.26 bits per heavy atom. The number of rotatable bonds is 4. The normalized spacial score (nSPS) is 17.6. The Labute approximate surface area is 164 Å². The van der Waals surface area contributed by atoms with E-state index in [0.717, 1.165) is 29.9 Å². The van der Waals surface area contributed by atoms with Gasteiger partial charge in [0.2, 0.25) is 16.3 Å². The first kappa shape index (κ1) is 18.1. The lowest BCUT2D eigenvalue weighted by Crippen LogP contribution is -2.41. The zero-order chi connectivity index (χ0) is 19.0. The summed E-state index contributed by atoms with van der Waals surface area (Å²) >= 11 is 7.45. The van der Waals surface area contributed by atoms with Gasteiger partial charge in [-0.3, -0.25) is 4.79 Å². The van der Waals surface area contributed by atoms with Crippen molar-refractivity contribution in [3.8, 4) is 0 Å². The molecule has 1 amide bonds. The molecule has 1 atom stereocenters. The minimum Gasteiger partial charge on any atom is -0.354 e. The third-order valence-corrected chi connectivity index (χ3v) is 5.80. The average molecular weight is 407 g/mol. The van der Waals surface area contributed by atoms with Crippen LogP contribution in [0.15, 0.2) is 6.33 Å². The second-order valence-corrected chi connectivity index (χ2v) is 8.14. The zero-order valence-electron chi connectivity index (χ0n) is 14.9. The number of piperidine rings is 1. The van der Waals surface area contributed by atoms with Crippen LogP contribution in [0.1, 0.15) is 37.6 Å². The highest BCUT2D eigenvalue weighted by Crippen LogP contribution is 2.29. The van der Waals surface area contributed by atoms with Crippen LogP contribution in [0.2, 0.25) is 5.28 Å². The second kappa shape index (κ2) is 7.35. The maximum absolute atomic E-state index is 12.7. The number of hydrogen-bond acceptors (Lipinski definition) is 8. The molecule has 4 rings (SSSR count). The predicted octanol–water partition coefficient (Wildman–Crippen LogP) is 2.84. The van der Waals surface area contributed by atoms with Crippen molar-refractivity contribution >= 4 is 51.0 Å². The Bertz CT molecular complexity index is 970. The summed E-state index contributed by atoms with van der Waals surface area (Å²) in [7, 11) is 0. The molecule has 11 heteroatoms. The van der Waals surface area contributed by atoms with Crippen LogP contribution >= 0.6 is 22.9 Å². The molecule has 3 aromatic rings. The van der Waals surface area contributed by atoms with Gasteiger partial charge in [0.15, 0.2) is 11.5 Å². The van der Waals surface area contributed by atoms with Crippen LogP contribution in [0.4, 0.5) is 10.9 Å². The Kier molecular flexibility index (Phi) is 4.92. The molecular weight excluding hydrogens is 388 g/mol. The number of halogens is 1. The SMILES string of the molecule is CC(C)c1nnc(NC(=O)C2CCCN(c3nc(Cl)nc4nc[nH]c34)C2)s1. The summed E-state index contributed by atoms with van der Waals surface area (Å²) in [5.74, 6) is 0.750.